The predicted octanol–water partition coefficient (Wildman–Crippen LogP) is 13.7. The zero-order chi connectivity index (χ0) is 58.4. The molecule has 1 heterocycles. The fourth-order valence-corrected chi connectivity index (χ4v) is 6.01. The van der Waals surface area contributed by atoms with Gasteiger partial charge in [-0.1, -0.05) is 181 Å². The Balaban J connectivity index is 1.65. The minimum atomic E-state index is -1.11. The quantitative estimate of drug-likeness (QED) is 0.136. The summed E-state index contributed by atoms with van der Waals surface area (Å²) in [5, 5.41) is -6.83. The van der Waals surface area contributed by atoms with Crippen LogP contribution in [0.2, 0.25) is 0 Å². The number of hydrogen-bond acceptors (Lipinski definition) is 1. The van der Waals surface area contributed by atoms with E-state index in [9.17, 15) is 16.4 Å². The molecule has 0 spiro atoms. The Bertz CT molecular complexity index is 4460. The molecule has 0 bridgehead atoms. The molecule has 0 saturated heterocycles. The van der Waals surface area contributed by atoms with E-state index in [1.165, 1.54) is 0 Å². The molecule has 0 N–H and O–H groups in total. The Hall–Kier alpha value is -6.44. The Morgan fingerprint density at radius 1 is 0.306 bits per heavy atom. The van der Waals surface area contributed by atoms with E-state index >= 15 is 0 Å². The fourth-order valence-electron chi connectivity index (χ4n) is 6.01. The molecule has 0 fully saturated rings. The number of para-hydroxylation sites is 1. The molecule has 1 aromatic heterocycles. The third-order valence-corrected chi connectivity index (χ3v) is 7.99. The minimum Gasteiger partial charge on any atom is -0.455 e. The van der Waals surface area contributed by atoms with Crippen molar-refractivity contribution in [2.45, 2.75) is 0 Å². The van der Waals surface area contributed by atoms with Crippen molar-refractivity contribution in [3.63, 3.8) is 0 Å². The second kappa shape index (κ2) is 11.1. The zero-order valence-corrected chi connectivity index (χ0v) is 24.4. The summed E-state index contributed by atoms with van der Waals surface area (Å²) in [4.78, 5) is 0. The van der Waals surface area contributed by atoms with Crippen LogP contribution in [0, 0.1) is 0 Å². The van der Waals surface area contributed by atoms with Gasteiger partial charge >= 0.3 is 0 Å². The van der Waals surface area contributed by atoms with Crippen LogP contribution in [-0.2, 0) is 0 Å². The second-order valence-corrected chi connectivity index (χ2v) is 10.5. The summed E-state index contributed by atoms with van der Waals surface area (Å²) in [6.07, 6.45) is 0. The molecule has 0 aliphatic carbocycles. The Morgan fingerprint density at radius 3 is 1.49 bits per heavy atom. The Morgan fingerprint density at radius 2 is 0.816 bits per heavy atom. The molecule has 10 rings (SSSR count). The zero-order valence-electron chi connectivity index (χ0n) is 54.4. The summed E-state index contributed by atoms with van der Waals surface area (Å²) in [5.41, 5.74) is -6.80. The molecule has 0 aliphatic heterocycles. The van der Waals surface area contributed by atoms with E-state index in [1.807, 2.05) is 0 Å². The fraction of sp³-hybridized carbons (Fsp3) is 0. The van der Waals surface area contributed by atoms with Gasteiger partial charge in [-0.2, -0.15) is 0 Å². The average molecular weight is 653 g/mol. The van der Waals surface area contributed by atoms with Crippen LogP contribution in [0.5, 0.6) is 0 Å². The van der Waals surface area contributed by atoms with Crippen molar-refractivity contribution in [2.75, 3.05) is 0 Å². The summed E-state index contributed by atoms with van der Waals surface area (Å²) in [6, 6.07) is -30.2. The molecular weight excluding hydrogens is 593 g/mol. The molecule has 0 aliphatic rings. The van der Waals surface area contributed by atoms with Crippen LogP contribution < -0.4 is 0 Å². The third kappa shape index (κ3) is 4.26. The first kappa shape index (κ1) is 11.1. The van der Waals surface area contributed by atoms with Gasteiger partial charge in [0.2, 0.25) is 0 Å². The van der Waals surface area contributed by atoms with Crippen LogP contribution in [0.3, 0.4) is 0 Å². The number of rotatable bonds is 4. The van der Waals surface area contributed by atoms with Crippen LogP contribution in [0.15, 0.2) is 186 Å². The highest BCUT2D eigenvalue weighted by Gasteiger charge is 2.26. The van der Waals surface area contributed by atoms with Crippen molar-refractivity contribution >= 4 is 54.1 Å². The van der Waals surface area contributed by atoms with Gasteiger partial charge in [0, 0.05) is 27.6 Å². The van der Waals surface area contributed by atoms with Gasteiger partial charge in [-0.15, -0.1) is 0 Å². The lowest BCUT2D eigenvalue weighted by Crippen LogP contribution is -1.92. The van der Waals surface area contributed by atoms with Crippen molar-refractivity contribution in [1.29, 1.82) is 0 Å². The van der Waals surface area contributed by atoms with Gasteiger partial charge in [0.15, 0.2) is 0 Å². The molecule has 1 heteroatoms. The molecule has 10 aromatic rings. The van der Waals surface area contributed by atoms with E-state index < -0.39 is 280 Å². The minimum absolute atomic E-state index is 0.619. The van der Waals surface area contributed by atoms with E-state index in [0.717, 1.165) is 0 Å². The molecule has 9 aromatic carbocycles. The molecule has 1 nitrogen and oxygen atoms in total. The number of benzene rings is 9. The van der Waals surface area contributed by atoms with Crippen molar-refractivity contribution in [2.24, 2.45) is 0 Å². The van der Waals surface area contributed by atoms with Gasteiger partial charge in [0.05, 0.1) is 41.1 Å². The summed E-state index contributed by atoms with van der Waals surface area (Å²) < 4.78 is 278. The molecule has 0 saturated carbocycles. The lowest BCUT2D eigenvalue weighted by molar-refractivity contribution is 0.634. The highest BCUT2D eigenvalue weighted by molar-refractivity contribution is 6.26. The summed E-state index contributed by atoms with van der Waals surface area (Å²) >= 11 is 0. The van der Waals surface area contributed by atoms with Crippen LogP contribution >= 0.6 is 0 Å². The Kier molecular flexibility index (Phi) is 2.50. The van der Waals surface area contributed by atoms with Crippen molar-refractivity contribution in [3.8, 4) is 44.7 Å². The summed E-state index contributed by atoms with van der Waals surface area (Å²) in [5.74, 6) is -1.00. The largest absolute Gasteiger partial charge is 0.455 e. The predicted molar refractivity (Wildman–Crippen MR) is 208 cm³/mol. The molecule has 0 radical (unpaired) electrons. The topological polar surface area (TPSA) is 13.1 Å². The number of fused-ring (bicyclic) bond motifs is 6. The van der Waals surface area contributed by atoms with E-state index in [0.29, 0.717) is 0 Å². The maximum absolute atomic E-state index is 9.68. The Labute approximate surface area is 326 Å². The van der Waals surface area contributed by atoms with Gasteiger partial charge in [0.25, 0.3) is 0 Å². The van der Waals surface area contributed by atoms with Gasteiger partial charge in [-0.25, -0.2) is 0 Å². The van der Waals surface area contributed by atoms with E-state index in [2.05, 4.69) is 0 Å². The van der Waals surface area contributed by atoms with Crippen LogP contribution in [0.4, 0.5) is 0 Å². The standard InChI is InChI=1S/C48H30O/c1-3-15-31(16-4-1)35-25-13-28-43-46(48(49-47(35)43)42-27-14-26-36-34-20-8-7-17-32(34)29-30-37(36)42)45-40-23-11-9-21-38(40)44(33-18-5-2-6-19-33)39-22-10-12-24-41(39)45/h1-30H/i1D,2D,3D,4D,5D,6D,7D,8D,9D,10D,11D,12D,13D,14D,15D,16D,17D,18D,19D,20D,21D,22D,23D,24D,25D,26D,27D,28D,29D,30D. The van der Waals surface area contributed by atoms with Crippen molar-refractivity contribution in [1.82, 2.24) is 0 Å². The van der Waals surface area contributed by atoms with E-state index in [-0.39, 0.29) is 0 Å². The molecule has 0 unspecified atom stereocenters. The second-order valence-electron chi connectivity index (χ2n) is 10.5. The summed E-state index contributed by atoms with van der Waals surface area (Å²) in [6.45, 7) is 0. The van der Waals surface area contributed by atoms with Gasteiger partial charge < -0.3 is 4.42 Å². The lowest BCUT2D eigenvalue weighted by Gasteiger charge is -2.18. The average Bonchev–Trinajstić information content (AvgIpc) is 4.10. The number of hydrogen-bond donors (Lipinski definition) is 0. The van der Waals surface area contributed by atoms with Crippen LogP contribution in [0.25, 0.3) is 98.8 Å². The molecule has 0 amide bonds. The maximum Gasteiger partial charge on any atom is 0.143 e. The van der Waals surface area contributed by atoms with Gasteiger partial charge in [-0.3, -0.25) is 0 Å². The smallest absolute Gasteiger partial charge is 0.143 e. The lowest BCUT2D eigenvalue weighted by atomic mass is 9.84. The highest BCUT2D eigenvalue weighted by atomic mass is 16.3. The van der Waals surface area contributed by atoms with E-state index in [1.54, 1.807) is 0 Å². The van der Waals surface area contributed by atoms with Gasteiger partial charge in [0.1, 0.15) is 11.3 Å². The van der Waals surface area contributed by atoms with E-state index in [4.69, 9.17) is 29.1 Å². The monoisotopic (exact) mass is 652 g/mol. The maximum atomic E-state index is 9.68. The summed E-state index contributed by atoms with van der Waals surface area (Å²) in [7, 11) is 0. The first-order valence-corrected chi connectivity index (χ1v) is 14.4. The molecule has 228 valence electrons. The normalized spacial score (nSPS) is 20.2. The van der Waals surface area contributed by atoms with Gasteiger partial charge in [-0.05, 0) is 59.8 Å². The molecule has 49 heavy (non-hydrogen) atoms. The van der Waals surface area contributed by atoms with Crippen LogP contribution in [0.1, 0.15) is 41.1 Å². The number of furan rings is 1. The molecule has 0 atom stereocenters. The van der Waals surface area contributed by atoms with Crippen LogP contribution in [-0.4, -0.2) is 0 Å². The van der Waals surface area contributed by atoms with Crippen molar-refractivity contribution < 1.29 is 45.5 Å². The SMILES string of the molecule is [2H]c1c([2H])c([2H])c(-c2c([2H])c([2H])c([2H])c3c(-c4c5c([2H])c([2H])c([2H])c([2H])c5c(-c5c([2H])c([2H])c([2H])c([2H])c5[2H])c5c([2H])c([2H])c([2H])c([2H])c45)c(-c4c([2H])c([2H])c([2H])c5c4c([2H])c([2H])c4c([2H])c([2H])c([2H])c([2H])c45)oc23)c([2H])c1[2H]. The first-order valence-electron chi connectivity index (χ1n) is 29.4. The van der Waals surface area contributed by atoms with Crippen molar-refractivity contribution in [3.05, 3.63) is 181 Å². The highest BCUT2D eigenvalue weighted by Crippen LogP contribution is 2.51. The molecular formula is C48H30O. The third-order valence-electron chi connectivity index (χ3n) is 7.99. The first-order chi connectivity index (χ1) is 36.8.